The lowest BCUT2D eigenvalue weighted by atomic mass is 10.1. The molecular formula is C13H19NO2. The minimum atomic E-state index is 0.417. The average Bonchev–Trinajstić information content (AvgIpc) is 2.37. The predicted molar refractivity (Wildman–Crippen MR) is 63.8 cm³/mol. The number of benzene rings is 1. The summed E-state index contributed by atoms with van der Waals surface area (Å²) >= 11 is 0. The third-order valence-corrected chi connectivity index (χ3v) is 2.73. The average molecular weight is 221 g/mol. The van der Waals surface area contributed by atoms with E-state index in [1.54, 1.807) is 0 Å². The van der Waals surface area contributed by atoms with Crippen LogP contribution in [0.3, 0.4) is 0 Å². The van der Waals surface area contributed by atoms with E-state index < -0.39 is 0 Å². The van der Waals surface area contributed by atoms with Gasteiger partial charge in [-0.25, -0.2) is 0 Å². The van der Waals surface area contributed by atoms with Crippen molar-refractivity contribution in [2.75, 3.05) is 26.3 Å². The normalized spacial score (nSPS) is 17.2. The van der Waals surface area contributed by atoms with Gasteiger partial charge in [-0.1, -0.05) is 18.2 Å². The van der Waals surface area contributed by atoms with Crippen molar-refractivity contribution >= 4 is 0 Å². The van der Waals surface area contributed by atoms with E-state index in [2.05, 4.69) is 5.32 Å². The topological polar surface area (TPSA) is 30.5 Å². The molecule has 0 unspecified atom stereocenters. The largest absolute Gasteiger partial charge is 0.491 e. The van der Waals surface area contributed by atoms with E-state index in [0.717, 1.165) is 31.7 Å². The van der Waals surface area contributed by atoms with Gasteiger partial charge in [0.1, 0.15) is 12.4 Å². The molecule has 1 fully saturated rings. The quantitative estimate of drug-likeness (QED) is 0.769. The maximum absolute atomic E-state index is 5.74. The molecule has 0 amide bonds. The monoisotopic (exact) mass is 221 g/mol. The van der Waals surface area contributed by atoms with Gasteiger partial charge in [-0.3, -0.25) is 0 Å². The van der Waals surface area contributed by atoms with Gasteiger partial charge in [0, 0.05) is 0 Å². The molecule has 0 atom stereocenters. The van der Waals surface area contributed by atoms with Crippen LogP contribution in [0.15, 0.2) is 30.3 Å². The maximum Gasteiger partial charge on any atom is 0.119 e. The summed E-state index contributed by atoms with van der Waals surface area (Å²) in [5.41, 5.74) is 0. The van der Waals surface area contributed by atoms with Gasteiger partial charge in [-0.2, -0.15) is 0 Å². The van der Waals surface area contributed by atoms with Crippen LogP contribution in [0, 0.1) is 0 Å². The lowest BCUT2D eigenvalue weighted by molar-refractivity contribution is 0.0168. The highest BCUT2D eigenvalue weighted by atomic mass is 16.5. The second-order valence-electron chi connectivity index (χ2n) is 3.98. The molecule has 2 rings (SSSR count). The van der Waals surface area contributed by atoms with Crippen LogP contribution in [0.1, 0.15) is 12.8 Å². The summed E-state index contributed by atoms with van der Waals surface area (Å²) in [4.78, 5) is 0. The Bertz CT molecular complexity index is 283. The van der Waals surface area contributed by atoms with Crippen LogP contribution >= 0.6 is 0 Å². The number of hydrogen-bond acceptors (Lipinski definition) is 3. The van der Waals surface area contributed by atoms with Crippen molar-refractivity contribution in [2.45, 2.75) is 18.9 Å². The van der Waals surface area contributed by atoms with E-state index in [1.807, 2.05) is 30.3 Å². The molecule has 0 spiro atoms. The highest BCUT2D eigenvalue weighted by Gasteiger charge is 2.12. The maximum atomic E-state index is 5.74. The second-order valence-corrected chi connectivity index (χ2v) is 3.98. The molecule has 16 heavy (non-hydrogen) atoms. The number of piperidine rings is 1. The Morgan fingerprint density at radius 3 is 2.56 bits per heavy atom. The summed E-state index contributed by atoms with van der Waals surface area (Å²) in [5, 5.41) is 3.32. The minimum Gasteiger partial charge on any atom is -0.491 e. The predicted octanol–water partition coefficient (Wildman–Crippen LogP) is 1.83. The van der Waals surface area contributed by atoms with Gasteiger partial charge in [0.2, 0.25) is 0 Å². The zero-order valence-corrected chi connectivity index (χ0v) is 9.52. The number of nitrogens with one attached hydrogen (secondary N) is 1. The summed E-state index contributed by atoms with van der Waals surface area (Å²) in [5.74, 6) is 0.913. The fourth-order valence-electron chi connectivity index (χ4n) is 1.85. The first-order valence-corrected chi connectivity index (χ1v) is 5.95. The smallest absolute Gasteiger partial charge is 0.119 e. The molecule has 88 valence electrons. The Kier molecular flexibility index (Phi) is 4.65. The molecule has 0 aromatic heterocycles. The Balaban J connectivity index is 1.58. The first kappa shape index (κ1) is 11.4. The van der Waals surface area contributed by atoms with Crippen LogP contribution in [0.5, 0.6) is 5.75 Å². The number of ether oxygens (including phenoxy) is 2. The highest BCUT2D eigenvalue weighted by molar-refractivity contribution is 5.20. The van der Waals surface area contributed by atoms with Gasteiger partial charge in [0.25, 0.3) is 0 Å². The molecule has 1 aliphatic rings. The van der Waals surface area contributed by atoms with Gasteiger partial charge in [-0.05, 0) is 38.1 Å². The van der Waals surface area contributed by atoms with Gasteiger partial charge < -0.3 is 14.8 Å². The Morgan fingerprint density at radius 1 is 1.06 bits per heavy atom. The minimum absolute atomic E-state index is 0.417. The van der Waals surface area contributed by atoms with Gasteiger partial charge in [0.15, 0.2) is 0 Å². The van der Waals surface area contributed by atoms with E-state index in [9.17, 15) is 0 Å². The van der Waals surface area contributed by atoms with E-state index in [-0.39, 0.29) is 0 Å². The van der Waals surface area contributed by atoms with Crippen LogP contribution in [-0.2, 0) is 4.74 Å². The molecule has 1 heterocycles. The SMILES string of the molecule is c1ccc(OCCOC2CCNCC2)cc1. The molecule has 0 saturated carbocycles. The molecule has 1 N–H and O–H groups in total. The third-order valence-electron chi connectivity index (χ3n) is 2.73. The number of para-hydroxylation sites is 1. The van der Waals surface area contributed by atoms with Crippen LogP contribution in [-0.4, -0.2) is 32.4 Å². The molecule has 0 aliphatic carbocycles. The molecule has 3 nitrogen and oxygen atoms in total. The van der Waals surface area contributed by atoms with Crippen molar-refractivity contribution in [1.29, 1.82) is 0 Å². The Hall–Kier alpha value is -1.06. The first-order chi connectivity index (χ1) is 7.95. The Morgan fingerprint density at radius 2 is 1.81 bits per heavy atom. The van der Waals surface area contributed by atoms with E-state index >= 15 is 0 Å². The van der Waals surface area contributed by atoms with Crippen LogP contribution in [0.25, 0.3) is 0 Å². The summed E-state index contributed by atoms with van der Waals surface area (Å²) < 4.78 is 11.3. The fourth-order valence-corrected chi connectivity index (χ4v) is 1.85. The van der Waals surface area contributed by atoms with Crippen molar-refractivity contribution in [2.24, 2.45) is 0 Å². The summed E-state index contributed by atoms with van der Waals surface area (Å²) in [6.45, 7) is 3.46. The standard InChI is InChI=1S/C13H19NO2/c1-2-4-12(5-3-1)15-10-11-16-13-6-8-14-9-7-13/h1-5,13-14H,6-11H2. The van der Waals surface area contributed by atoms with Gasteiger partial charge in [0.05, 0.1) is 12.7 Å². The van der Waals surface area contributed by atoms with E-state index in [0.29, 0.717) is 19.3 Å². The Labute approximate surface area is 96.8 Å². The van der Waals surface area contributed by atoms with Crippen molar-refractivity contribution in [3.05, 3.63) is 30.3 Å². The lowest BCUT2D eigenvalue weighted by Gasteiger charge is -2.22. The zero-order chi connectivity index (χ0) is 11.1. The molecular weight excluding hydrogens is 202 g/mol. The molecule has 0 bridgehead atoms. The van der Waals surface area contributed by atoms with Gasteiger partial charge in [-0.15, -0.1) is 0 Å². The highest BCUT2D eigenvalue weighted by Crippen LogP contribution is 2.09. The van der Waals surface area contributed by atoms with Gasteiger partial charge >= 0.3 is 0 Å². The zero-order valence-electron chi connectivity index (χ0n) is 9.52. The van der Waals surface area contributed by atoms with Crippen molar-refractivity contribution in [3.63, 3.8) is 0 Å². The third kappa shape index (κ3) is 3.83. The fraction of sp³-hybridized carbons (Fsp3) is 0.538. The summed E-state index contributed by atoms with van der Waals surface area (Å²) in [7, 11) is 0. The molecule has 1 aromatic carbocycles. The van der Waals surface area contributed by atoms with Crippen molar-refractivity contribution in [3.8, 4) is 5.75 Å². The number of hydrogen-bond donors (Lipinski definition) is 1. The summed E-state index contributed by atoms with van der Waals surface area (Å²) in [6.07, 6.45) is 2.65. The number of rotatable bonds is 5. The lowest BCUT2D eigenvalue weighted by Crippen LogP contribution is -2.33. The second kappa shape index (κ2) is 6.51. The molecule has 1 saturated heterocycles. The molecule has 3 heteroatoms. The van der Waals surface area contributed by atoms with E-state index in [1.165, 1.54) is 0 Å². The molecule has 1 aromatic rings. The van der Waals surface area contributed by atoms with Crippen LogP contribution in [0.2, 0.25) is 0 Å². The van der Waals surface area contributed by atoms with Crippen LogP contribution in [0.4, 0.5) is 0 Å². The van der Waals surface area contributed by atoms with E-state index in [4.69, 9.17) is 9.47 Å². The van der Waals surface area contributed by atoms with Crippen molar-refractivity contribution < 1.29 is 9.47 Å². The van der Waals surface area contributed by atoms with Crippen molar-refractivity contribution in [1.82, 2.24) is 5.32 Å². The molecule has 1 aliphatic heterocycles. The molecule has 0 radical (unpaired) electrons. The summed E-state index contributed by atoms with van der Waals surface area (Å²) in [6, 6.07) is 9.86. The van der Waals surface area contributed by atoms with Crippen LogP contribution < -0.4 is 10.1 Å². The first-order valence-electron chi connectivity index (χ1n) is 5.95.